The van der Waals surface area contributed by atoms with E-state index in [-0.39, 0.29) is 64.9 Å². The zero-order valence-electron chi connectivity index (χ0n) is 14.5. The van der Waals surface area contributed by atoms with E-state index in [9.17, 15) is 0 Å². The summed E-state index contributed by atoms with van der Waals surface area (Å²) in [5.41, 5.74) is 1.19. The van der Waals surface area contributed by atoms with Crippen LogP contribution in [-0.4, -0.2) is 19.3 Å². The van der Waals surface area contributed by atoms with Gasteiger partial charge in [-0.1, -0.05) is 45.9 Å². The summed E-state index contributed by atoms with van der Waals surface area (Å²) in [4.78, 5) is 0. The van der Waals surface area contributed by atoms with Crippen molar-refractivity contribution in [1.29, 1.82) is 0 Å². The molecule has 2 rings (SSSR count). The van der Waals surface area contributed by atoms with Crippen molar-refractivity contribution in [2.24, 2.45) is 0 Å². The fraction of sp³-hybridized carbons (Fsp3) is 0.588. The van der Waals surface area contributed by atoms with Crippen molar-refractivity contribution >= 4 is 0 Å². The third-order valence-electron chi connectivity index (χ3n) is 2.51. The normalized spacial score (nSPS) is 15.9. The van der Waals surface area contributed by atoms with Gasteiger partial charge in [-0.3, -0.25) is 0 Å². The molecule has 1 aromatic rings. The predicted octanol–water partition coefficient (Wildman–Crippen LogP) is 2.06. The number of hydrogen-bond acceptors (Lipinski definition) is 2. The van der Waals surface area contributed by atoms with Crippen LogP contribution < -0.4 is 56.1 Å². The number of aryl methyl sites for hydroxylation is 1. The average molecular weight is 307 g/mol. The number of rotatable bonds is 2. The van der Waals surface area contributed by atoms with Crippen molar-refractivity contribution in [1.82, 2.24) is 0 Å². The van der Waals surface area contributed by atoms with Crippen LogP contribution in [0.5, 0.6) is 5.75 Å². The van der Waals surface area contributed by atoms with Gasteiger partial charge in [0.05, 0.1) is 6.61 Å². The predicted molar refractivity (Wildman–Crippen MR) is 84.8 cm³/mol. The van der Waals surface area contributed by atoms with Gasteiger partial charge in [0, 0.05) is 6.61 Å². The second-order valence-corrected chi connectivity index (χ2v) is 3.72. The Kier molecular flexibility index (Phi) is 22.6. The van der Waals surface area contributed by atoms with Crippen LogP contribution in [0.2, 0.25) is 0 Å². The van der Waals surface area contributed by atoms with E-state index in [2.05, 4.69) is 13.0 Å². The number of para-hydroxylation sites is 1. The summed E-state index contributed by atoms with van der Waals surface area (Å²) in [7, 11) is 0. The van der Waals surface area contributed by atoms with Crippen molar-refractivity contribution in [3.05, 3.63) is 37.3 Å². The molecule has 1 unspecified atom stereocenters. The number of benzene rings is 1. The van der Waals surface area contributed by atoms with Crippen molar-refractivity contribution in [2.75, 3.05) is 13.2 Å². The van der Waals surface area contributed by atoms with Gasteiger partial charge in [0.25, 0.3) is 0 Å². The second kappa shape index (κ2) is 17.7. The summed E-state index contributed by atoms with van der Waals surface area (Å²) in [6, 6.07) is 8.12. The van der Waals surface area contributed by atoms with Gasteiger partial charge in [-0.2, -0.15) is 0 Å². The van der Waals surface area contributed by atoms with Crippen molar-refractivity contribution < 1.29 is 60.9 Å². The van der Waals surface area contributed by atoms with Crippen molar-refractivity contribution in [3.63, 3.8) is 0 Å². The minimum Gasteiger partial charge on any atom is -0.488 e. The molecule has 0 aromatic heterocycles. The fourth-order valence-corrected chi connectivity index (χ4v) is 1.67. The fourth-order valence-electron chi connectivity index (χ4n) is 1.67. The van der Waals surface area contributed by atoms with Gasteiger partial charge in [-0.25, -0.2) is 0 Å². The van der Waals surface area contributed by atoms with E-state index in [0.29, 0.717) is 0 Å². The largest absolute Gasteiger partial charge is 1.00 e. The van der Waals surface area contributed by atoms with Crippen LogP contribution >= 0.6 is 0 Å². The monoisotopic (exact) mass is 306 g/mol. The summed E-state index contributed by atoms with van der Waals surface area (Å²) in [5.74, 6) is 0.989. The quantitative estimate of drug-likeness (QED) is 0.615. The van der Waals surface area contributed by atoms with E-state index in [4.69, 9.17) is 9.47 Å². The molecule has 3 heteroatoms. The van der Waals surface area contributed by atoms with E-state index >= 15 is 0 Å². The smallest absolute Gasteiger partial charge is 0.488 e. The molecule has 1 atom stereocenters. The number of ether oxygens (including phenoxy) is 2. The Morgan fingerprint density at radius 1 is 1.10 bits per heavy atom. The van der Waals surface area contributed by atoms with Gasteiger partial charge in [0.1, 0.15) is 11.9 Å². The summed E-state index contributed by atoms with van der Waals surface area (Å²) < 4.78 is 11.2. The van der Waals surface area contributed by atoms with Gasteiger partial charge < -0.3 is 16.9 Å². The Hall–Kier alpha value is 0.616. The van der Waals surface area contributed by atoms with E-state index < -0.39 is 0 Å². The molecular formula is C17H31KO2. The Balaban J connectivity index is -0.000000444. The second-order valence-electron chi connectivity index (χ2n) is 3.72. The third-order valence-corrected chi connectivity index (χ3v) is 2.51. The molecule has 1 heterocycles. The first kappa shape index (κ1) is 25.6. The average Bonchev–Trinajstić information content (AvgIpc) is 2.47. The Labute approximate surface area is 169 Å². The van der Waals surface area contributed by atoms with Crippen LogP contribution in [0.3, 0.4) is 0 Å². The van der Waals surface area contributed by atoms with Crippen LogP contribution in [0.4, 0.5) is 0 Å². The Morgan fingerprint density at radius 2 is 1.70 bits per heavy atom. The summed E-state index contributed by atoms with van der Waals surface area (Å²) in [6.45, 7) is 11.7. The van der Waals surface area contributed by atoms with Crippen LogP contribution in [0.25, 0.3) is 0 Å². The van der Waals surface area contributed by atoms with E-state index in [0.717, 1.165) is 31.8 Å². The summed E-state index contributed by atoms with van der Waals surface area (Å²) in [5, 5.41) is 0. The zero-order valence-corrected chi connectivity index (χ0v) is 17.7. The molecule has 0 aliphatic carbocycles. The molecule has 1 fully saturated rings. The molecule has 0 radical (unpaired) electrons. The maximum atomic E-state index is 5.86. The topological polar surface area (TPSA) is 18.5 Å². The molecule has 0 amide bonds. The van der Waals surface area contributed by atoms with Crippen LogP contribution in [0, 0.1) is 14.4 Å². The van der Waals surface area contributed by atoms with Crippen molar-refractivity contribution in [3.8, 4) is 5.75 Å². The number of hydrogen-bond donors (Lipinski definition) is 0. The molecule has 0 bridgehead atoms. The van der Waals surface area contributed by atoms with Crippen LogP contribution in [0.1, 0.15) is 46.1 Å². The molecule has 112 valence electrons. The molecule has 1 aromatic carbocycles. The van der Waals surface area contributed by atoms with Gasteiger partial charge in [-0.05, 0) is 31.4 Å². The molecule has 1 aliphatic rings. The van der Waals surface area contributed by atoms with Gasteiger partial charge >= 0.3 is 51.4 Å². The minimum absolute atomic E-state index is 0. The first-order valence-corrected chi connectivity index (χ1v) is 7.16. The molecule has 0 spiro atoms. The maximum Gasteiger partial charge on any atom is 1.00 e. The van der Waals surface area contributed by atoms with E-state index in [1.807, 2.05) is 45.9 Å². The van der Waals surface area contributed by atoms with Gasteiger partial charge in [0.2, 0.25) is 0 Å². The van der Waals surface area contributed by atoms with Crippen molar-refractivity contribution in [2.45, 2.75) is 53.6 Å². The van der Waals surface area contributed by atoms with E-state index in [1.165, 1.54) is 5.56 Å². The maximum absolute atomic E-state index is 5.86. The Morgan fingerprint density at radius 3 is 2.20 bits per heavy atom. The summed E-state index contributed by atoms with van der Waals surface area (Å²) in [6.07, 6.45) is 2.45. The first-order chi connectivity index (χ1) is 8.86. The molecule has 20 heavy (non-hydrogen) atoms. The van der Waals surface area contributed by atoms with Gasteiger partial charge in [-0.15, -0.1) is 0 Å². The Bertz CT molecular complexity index is 297. The van der Waals surface area contributed by atoms with Crippen LogP contribution in [0.15, 0.2) is 24.3 Å². The first-order valence-electron chi connectivity index (χ1n) is 7.16. The zero-order chi connectivity index (χ0) is 13.8. The molecular weight excluding hydrogens is 275 g/mol. The molecule has 0 N–H and O–H groups in total. The summed E-state index contributed by atoms with van der Waals surface area (Å²) >= 11 is 0. The van der Waals surface area contributed by atoms with Crippen LogP contribution in [-0.2, 0) is 4.74 Å². The van der Waals surface area contributed by atoms with E-state index in [1.54, 1.807) is 0 Å². The third kappa shape index (κ3) is 10.4. The molecule has 0 saturated carbocycles. The SMILES string of the molecule is CC.CC.Cc1ccccc1OC1CCCOC1.[CH3-].[K+]. The minimum atomic E-state index is 0. The molecule has 2 nitrogen and oxygen atoms in total. The standard InChI is InChI=1S/C12H16O2.2C2H6.CH3.K/c1-10-5-2-3-7-12(10)14-11-6-4-8-13-9-11;2*1-2;;/h2-3,5,7,11H,4,6,8-9H2,1H3;2*1-2H3;1H3;/q;;;-1;+1. The molecule has 1 aliphatic heterocycles. The molecule has 1 saturated heterocycles. The van der Waals surface area contributed by atoms with Gasteiger partial charge in [0.15, 0.2) is 0 Å².